The van der Waals surface area contributed by atoms with Crippen LogP contribution in [0.3, 0.4) is 0 Å². The minimum absolute atomic E-state index is 0.164. The lowest BCUT2D eigenvalue weighted by molar-refractivity contribution is 0.594. The van der Waals surface area contributed by atoms with Crippen molar-refractivity contribution >= 4 is 15.5 Å². The van der Waals surface area contributed by atoms with Crippen molar-refractivity contribution < 1.29 is 8.42 Å². The highest BCUT2D eigenvalue weighted by Gasteiger charge is 2.11. The van der Waals surface area contributed by atoms with E-state index in [0.29, 0.717) is 18.5 Å². The van der Waals surface area contributed by atoms with E-state index in [-0.39, 0.29) is 11.5 Å². The predicted octanol–water partition coefficient (Wildman–Crippen LogP) is 1.82. The van der Waals surface area contributed by atoms with Crippen LogP contribution in [0.15, 0.2) is 24.3 Å². The molecule has 0 aliphatic rings. The van der Waals surface area contributed by atoms with Crippen molar-refractivity contribution in [1.29, 1.82) is 5.26 Å². The SMILES string of the molecule is CCCS(=O)(=O)CCN(C)c1ccc(C#N)cc1. The van der Waals surface area contributed by atoms with Gasteiger partial charge >= 0.3 is 0 Å². The summed E-state index contributed by atoms with van der Waals surface area (Å²) in [6.45, 7) is 2.33. The van der Waals surface area contributed by atoms with Crippen LogP contribution in [0, 0.1) is 11.3 Å². The molecule has 4 nitrogen and oxygen atoms in total. The van der Waals surface area contributed by atoms with Crippen LogP contribution in [0.2, 0.25) is 0 Å². The van der Waals surface area contributed by atoms with Crippen molar-refractivity contribution in [3.8, 4) is 6.07 Å². The number of sulfone groups is 1. The molecule has 18 heavy (non-hydrogen) atoms. The van der Waals surface area contributed by atoms with Gasteiger partial charge in [-0.25, -0.2) is 8.42 Å². The fourth-order valence-electron chi connectivity index (χ4n) is 1.61. The fourth-order valence-corrected chi connectivity index (χ4v) is 2.99. The first kappa shape index (κ1) is 14.5. The molecule has 0 atom stereocenters. The van der Waals surface area contributed by atoms with Gasteiger partial charge in [-0.3, -0.25) is 0 Å². The zero-order valence-electron chi connectivity index (χ0n) is 10.8. The molecule has 0 saturated heterocycles. The smallest absolute Gasteiger partial charge is 0.152 e. The molecule has 0 heterocycles. The van der Waals surface area contributed by atoms with Gasteiger partial charge in [-0.05, 0) is 30.7 Å². The van der Waals surface area contributed by atoms with Crippen molar-refractivity contribution in [1.82, 2.24) is 0 Å². The molecule has 0 radical (unpaired) electrons. The Balaban J connectivity index is 2.60. The average Bonchev–Trinajstić information content (AvgIpc) is 2.36. The lowest BCUT2D eigenvalue weighted by Gasteiger charge is -2.19. The summed E-state index contributed by atoms with van der Waals surface area (Å²) in [5.41, 5.74) is 1.52. The highest BCUT2D eigenvalue weighted by atomic mass is 32.2. The summed E-state index contributed by atoms with van der Waals surface area (Å²) >= 11 is 0. The number of hydrogen-bond acceptors (Lipinski definition) is 4. The van der Waals surface area contributed by atoms with Crippen LogP contribution in [0.1, 0.15) is 18.9 Å². The highest BCUT2D eigenvalue weighted by molar-refractivity contribution is 7.91. The maximum atomic E-state index is 11.6. The van der Waals surface area contributed by atoms with Crippen molar-refractivity contribution in [2.45, 2.75) is 13.3 Å². The Morgan fingerprint density at radius 3 is 2.33 bits per heavy atom. The number of hydrogen-bond donors (Lipinski definition) is 0. The quantitative estimate of drug-likeness (QED) is 0.788. The number of anilines is 1. The molecule has 98 valence electrons. The lowest BCUT2D eigenvalue weighted by Crippen LogP contribution is -2.26. The van der Waals surface area contributed by atoms with Gasteiger partial charge in [0.1, 0.15) is 0 Å². The van der Waals surface area contributed by atoms with E-state index >= 15 is 0 Å². The third-order valence-electron chi connectivity index (χ3n) is 2.69. The third kappa shape index (κ3) is 4.38. The van der Waals surface area contributed by atoms with Gasteiger partial charge in [-0.1, -0.05) is 6.92 Å². The van der Waals surface area contributed by atoms with Crippen LogP contribution < -0.4 is 4.90 Å². The Morgan fingerprint density at radius 2 is 1.83 bits per heavy atom. The van der Waals surface area contributed by atoms with Crippen molar-refractivity contribution in [3.63, 3.8) is 0 Å². The monoisotopic (exact) mass is 266 g/mol. The zero-order chi connectivity index (χ0) is 13.6. The maximum Gasteiger partial charge on any atom is 0.152 e. The fraction of sp³-hybridized carbons (Fsp3) is 0.462. The van der Waals surface area contributed by atoms with Gasteiger partial charge < -0.3 is 4.90 Å². The molecule has 0 spiro atoms. The molecule has 0 saturated carbocycles. The Kier molecular flexibility index (Phi) is 5.17. The summed E-state index contributed by atoms with van der Waals surface area (Å²) in [5, 5.41) is 8.69. The molecule has 0 aliphatic heterocycles. The van der Waals surface area contributed by atoms with Gasteiger partial charge in [0.2, 0.25) is 0 Å². The highest BCUT2D eigenvalue weighted by Crippen LogP contribution is 2.13. The summed E-state index contributed by atoms with van der Waals surface area (Å²) < 4.78 is 23.2. The van der Waals surface area contributed by atoms with Crippen molar-refractivity contribution in [2.24, 2.45) is 0 Å². The number of nitriles is 1. The van der Waals surface area contributed by atoms with Gasteiger partial charge in [0.05, 0.1) is 17.4 Å². The van der Waals surface area contributed by atoms with E-state index in [4.69, 9.17) is 5.26 Å². The van der Waals surface area contributed by atoms with Crippen molar-refractivity contribution in [3.05, 3.63) is 29.8 Å². The van der Waals surface area contributed by atoms with Gasteiger partial charge in [0.15, 0.2) is 9.84 Å². The minimum atomic E-state index is -2.94. The second-order valence-electron chi connectivity index (χ2n) is 4.23. The van der Waals surface area contributed by atoms with Gasteiger partial charge in [-0.15, -0.1) is 0 Å². The van der Waals surface area contributed by atoms with E-state index in [1.807, 2.05) is 31.0 Å². The van der Waals surface area contributed by atoms with Gasteiger partial charge in [0, 0.05) is 25.0 Å². The van der Waals surface area contributed by atoms with E-state index in [0.717, 1.165) is 5.69 Å². The molecule has 0 unspecified atom stereocenters. The average molecular weight is 266 g/mol. The van der Waals surface area contributed by atoms with Crippen LogP contribution in [0.4, 0.5) is 5.69 Å². The van der Waals surface area contributed by atoms with E-state index in [9.17, 15) is 8.42 Å². The maximum absolute atomic E-state index is 11.6. The molecule has 0 fully saturated rings. The summed E-state index contributed by atoms with van der Waals surface area (Å²) in [4.78, 5) is 1.88. The van der Waals surface area contributed by atoms with Crippen molar-refractivity contribution in [2.75, 3.05) is 30.0 Å². The first-order valence-electron chi connectivity index (χ1n) is 5.90. The van der Waals surface area contributed by atoms with E-state index < -0.39 is 9.84 Å². The van der Waals surface area contributed by atoms with E-state index in [1.54, 1.807) is 12.1 Å². The van der Waals surface area contributed by atoms with Crippen LogP contribution in [-0.4, -0.2) is 33.5 Å². The molecule has 0 aliphatic carbocycles. The first-order valence-corrected chi connectivity index (χ1v) is 7.72. The summed E-state index contributed by atoms with van der Waals surface area (Å²) in [6, 6.07) is 9.16. The van der Waals surface area contributed by atoms with Crippen LogP contribution >= 0.6 is 0 Å². The number of nitrogens with zero attached hydrogens (tertiary/aromatic N) is 2. The lowest BCUT2D eigenvalue weighted by atomic mass is 10.2. The number of benzene rings is 1. The van der Waals surface area contributed by atoms with Crippen LogP contribution in [0.5, 0.6) is 0 Å². The molecule has 0 aromatic heterocycles. The normalized spacial score (nSPS) is 10.9. The molecule has 1 aromatic carbocycles. The third-order valence-corrected chi connectivity index (χ3v) is 4.52. The number of rotatable bonds is 6. The summed E-state index contributed by atoms with van der Waals surface area (Å²) in [6.07, 6.45) is 0.656. The Bertz CT molecular complexity index is 515. The molecule has 0 bridgehead atoms. The van der Waals surface area contributed by atoms with E-state index in [2.05, 4.69) is 6.07 Å². The molecular weight excluding hydrogens is 248 g/mol. The van der Waals surface area contributed by atoms with Crippen LogP contribution in [0.25, 0.3) is 0 Å². The van der Waals surface area contributed by atoms with Gasteiger partial charge in [-0.2, -0.15) is 5.26 Å². The molecule has 1 rings (SSSR count). The Morgan fingerprint density at radius 1 is 1.22 bits per heavy atom. The predicted molar refractivity (Wildman–Crippen MR) is 73.4 cm³/mol. The molecule has 5 heteroatoms. The molecular formula is C13H18N2O2S. The van der Waals surface area contributed by atoms with Crippen LogP contribution in [-0.2, 0) is 9.84 Å². The Hall–Kier alpha value is -1.54. The standard InChI is InChI=1S/C13H18N2O2S/c1-3-9-18(16,17)10-8-15(2)13-6-4-12(11-14)5-7-13/h4-7H,3,8-10H2,1-2H3. The second kappa shape index (κ2) is 6.41. The Labute approximate surface area is 109 Å². The topological polar surface area (TPSA) is 61.2 Å². The van der Waals surface area contributed by atoms with Gasteiger partial charge in [0.25, 0.3) is 0 Å². The molecule has 0 amide bonds. The first-order chi connectivity index (χ1) is 8.48. The molecule has 1 aromatic rings. The minimum Gasteiger partial charge on any atom is -0.374 e. The summed E-state index contributed by atoms with van der Waals surface area (Å²) in [5.74, 6) is 0.408. The zero-order valence-corrected chi connectivity index (χ0v) is 11.6. The summed E-state index contributed by atoms with van der Waals surface area (Å²) in [7, 11) is -1.09. The largest absolute Gasteiger partial charge is 0.374 e. The second-order valence-corrected chi connectivity index (χ2v) is 6.54. The van der Waals surface area contributed by atoms with E-state index in [1.165, 1.54) is 0 Å². The molecule has 0 N–H and O–H groups in total.